The molecular formula is C19H26N2O3S. The Morgan fingerprint density at radius 2 is 2.20 bits per heavy atom. The third-order valence-corrected chi connectivity index (χ3v) is 5.79. The second-order valence-electron chi connectivity index (χ2n) is 6.76. The van der Waals surface area contributed by atoms with Crippen molar-refractivity contribution in [1.82, 2.24) is 9.80 Å². The molecule has 1 aliphatic rings. The first-order valence-corrected chi connectivity index (χ1v) is 9.64. The SMILES string of the molecule is CC(=O)c1cc(CN2CCN(Cc3ccc(C)o3)[C@@H](CCO)C2)cs1. The van der Waals surface area contributed by atoms with Crippen molar-refractivity contribution in [2.45, 2.75) is 39.4 Å². The highest BCUT2D eigenvalue weighted by Gasteiger charge is 2.27. The van der Waals surface area contributed by atoms with Gasteiger partial charge in [-0.1, -0.05) is 0 Å². The number of nitrogens with zero attached hydrogens (tertiary/aromatic N) is 2. The maximum absolute atomic E-state index is 11.5. The third-order valence-electron chi connectivity index (χ3n) is 4.71. The summed E-state index contributed by atoms with van der Waals surface area (Å²) in [5, 5.41) is 11.5. The highest BCUT2D eigenvalue weighted by molar-refractivity contribution is 7.12. The van der Waals surface area contributed by atoms with Gasteiger partial charge < -0.3 is 9.52 Å². The van der Waals surface area contributed by atoms with Gasteiger partial charge in [0.25, 0.3) is 0 Å². The number of piperazine rings is 1. The minimum atomic E-state index is 0.132. The molecule has 0 bridgehead atoms. The number of hydrogen-bond donors (Lipinski definition) is 1. The Balaban J connectivity index is 1.60. The first-order chi connectivity index (χ1) is 12.0. The van der Waals surface area contributed by atoms with Crippen molar-refractivity contribution in [3.05, 3.63) is 45.5 Å². The number of ketones is 1. The van der Waals surface area contributed by atoms with Crippen molar-refractivity contribution in [2.75, 3.05) is 26.2 Å². The van der Waals surface area contributed by atoms with E-state index < -0.39 is 0 Å². The highest BCUT2D eigenvalue weighted by Crippen LogP contribution is 2.21. The molecule has 25 heavy (non-hydrogen) atoms. The van der Waals surface area contributed by atoms with Crippen molar-refractivity contribution >= 4 is 17.1 Å². The van der Waals surface area contributed by atoms with Crippen LogP contribution in [0.5, 0.6) is 0 Å². The van der Waals surface area contributed by atoms with Crippen LogP contribution in [0.4, 0.5) is 0 Å². The van der Waals surface area contributed by atoms with E-state index in [0.717, 1.165) is 55.5 Å². The molecular weight excluding hydrogens is 336 g/mol. The standard InChI is InChI=1S/C19H26N2O3S/c1-14-3-4-18(24-14)12-21-7-6-20(11-17(21)5-8-22)10-16-9-19(15(2)23)25-13-16/h3-4,9,13,17,22H,5-8,10-12H2,1-2H3/t17-/m0/s1. The lowest BCUT2D eigenvalue weighted by atomic mass is 10.1. The van der Waals surface area contributed by atoms with Gasteiger partial charge in [-0.05, 0) is 49.4 Å². The van der Waals surface area contributed by atoms with Gasteiger partial charge in [-0.3, -0.25) is 14.6 Å². The number of furan rings is 1. The van der Waals surface area contributed by atoms with Gasteiger partial charge in [0.05, 0.1) is 11.4 Å². The average molecular weight is 362 g/mol. The lowest BCUT2D eigenvalue weighted by molar-refractivity contribution is 0.0455. The molecule has 1 aliphatic heterocycles. The van der Waals surface area contributed by atoms with Gasteiger partial charge >= 0.3 is 0 Å². The Hall–Kier alpha value is -1.47. The zero-order chi connectivity index (χ0) is 17.8. The van der Waals surface area contributed by atoms with Gasteiger partial charge in [0.2, 0.25) is 0 Å². The molecule has 136 valence electrons. The molecule has 0 radical (unpaired) electrons. The molecule has 2 aromatic heterocycles. The summed E-state index contributed by atoms with van der Waals surface area (Å²) < 4.78 is 5.71. The van der Waals surface area contributed by atoms with Crippen molar-refractivity contribution in [1.29, 1.82) is 0 Å². The highest BCUT2D eigenvalue weighted by atomic mass is 32.1. The molecule has 0 spiro atoms. The van der Waals surface area contributed by atoms with Crippen LogP contribution in [0, 0.1) is 6.92 Å². The van der Waals surface area contributed by atoms with Crippen LogP contribution >= 0.6 is 11.3 Å². The zero-order valence-electron chi connectivity index (χ0n) is 14.9. The van der Waals surface area contributed by atoms with E-state index >= 15 is 0 Å². The van der Waals surface area contributed by atoms with Gasteiger partial charge in [0, 0.05) is 38.8 Å². The van der Waals surface area contributed by atoms with Crippen molar-refractivity contribution < 1.29 is 14.3 Å². The van der Waals surface area contributed by atoms with Crippen LogP contribution in [0.3, 0.4) is 0 Å². The molecule has 5 nitrogen and oxygen atoms in total. The lowest BCUT2D eigenvalue weighted by Gasteiger charge is -2.41. The van der Waals surface area contributed by atoms with Crippen molar-refractivity contribution in [2.24, 2.45) is 0 Å². The van der Waals surface area contributed by atoms with Crippen LogP contribution in [0.15, 0.2) is 28.0 Å². The average Bonchev–Trinajstić information content (AvgIpc) is 3.19. The number of aliphatic hydroxyl groups excluding tert-OH is 1. The van der Waals surface area contributed by atoms with E-state index in [1.165, 1.54) is 16.9 Å². The van der Waals surface area contributed by atoms with Crippen LogP contribution in [-0.4, -0.2) is 53.0 Å². The van der Waals surface area contributed by atoms with E-state index in [1.54, 1.807) is 6.92 Å². The predicted molar refractivity (Wildman–Crippen MR) is 98.9 cm³/mol. The summed E-state index contributed by atoms with van der Waals surface area (Å²) in [5.74, 6) is 2.05. The minimum absolute atomic E-state index is 0.132. The predicted octanol–water partition coefficient (Wildman–Crippen LogP) is 2.92. The van der Waals surface area contributed by atoms with Gasteiger partial charge in [0.1, 0.15) is 11.5 Å². The second-order valence-corrected chi connectivity index (χ2v) is 7.67. The Bertz CT molecular complexity index is 709. The van der Waals surface area contributed by atoms with E-state index in [1.807, 2.05) is 25.1 Å². The van der Waals surface area contributed by atoms with Gasteiger partial charge in [-0.2, -0.15) is 0 Å². The summed E-state index contributed by atoms with van der Waals surface area (Å²) in [6.07, 6.45) is 0.762. The summed E-state index contributed by atoms with van der Waals surface area (Å²) in [7, 11) is 0. The number of Topliss-reactive ketones (excluding diaryl/α,β-unsaturated/α-hetero) is 1. The minimum Gasteiger partial charge on any atom is -0.465 e. The van der Waals surface area contributed by atoms with E-state index in [-0.39, 0.29) is 12.4 Å². The number of carbonyl (C=O) groups excluding carboxylic acids is 1. The molecule has 0 unspecified atom stereocenters. The van der Waals surface area contributed by atoms with E-state index in [2.05, 4.69) is 15.2 Å². The van der Waals surface area contributed by atoms with Crippen LogP contribution in [-0.2, 0) is 13.1 Å². The maximum atomic E-state index is 11.5. The Kier molecular flexibility index (Phi) is 6.06. The Morgan fingerprint density at radius 3 is 2.84 bits per heavy atom. The van der Waals surface area contributed by atoms with Gasteiger partial charge in [-0.25, -0.2) is 0 Å². The van der Waals surface area contributed by atoms with Gasteiger partial charge in [-0.15, -0.1) is 11.3 Å². The fourth-order valence-electron chi connectivity index (χ4n) is 3.40. The molecule has 0 aliphatic carbocycles. The molecule has 3 heterocycles. The molecule has 3 rings (SSSR count). The van der Waals surface area contributed by atoms with E-state index in [0.29, 0.717) is 6.04 Å². The van der Waals surface area contributed by atoms with Gasteiger partial charge in [0.15, 0.2) is 5.78 Å². The molecule has 0 amide bonds. The van der Waals surface area contributed by atoms with E-state index in [9.17, 15) is 9.90 Å². The molecule has 0 aromatic carbocycles. The summed E-state index contributed by atoms with van der Waals surface area (Å²) in [5.41, 5.74) is 1.20. The molecule has 2 aromatic rings. The number of carbonyl (C=O) groups is 1. The van der Waals surface area contributed by atoms with Crippen molar-refractivity contribution in [3.63, 3.8) is 0 Å². The van der Waals surface area contributed by atoms with E-state index in [4.69, 9.17) is 4.42 Å². The molecule has 1 saturated heterocycles. The number of aryl methyl sites for hydroxylation is 1. The van der Waals surface area contributed by atoms with Crippen LogP contribution in [0.2, 0.25) is 0 Å². The molecule has 6 heteroatoms. The smallest absolute Gasteiger partial charge is 0.169 e. The maximum Gasteiger partial charge on any atom is 0.169 e. The molecule has 1 atom stereocenters. The Labute approximate surface area is 152 Å². The van der Waals surface area contributed by atoms with Crippen molar-refractivity contribution in [3.8, 4) is 0 Å². The number of hydrogen-bond acceptors (Lipinski definition) is 6. The van der Waals surface area contributed by atoms with Crippen LogP contribution < -0.4 is 0 Å². The molecule has 1 N–H and O–H groups in total. The van der Waals surface area contributed by atoms with Crippen LogP contribution in [0.25, 0.3) is 0 Å². The molecule has 1 fully saturated rings. The Morgan fingerprint density at radius 1 is 1.36 bits per heavy atom. The number of aliphatic hydroxyl groups is 1. The first kappa shape index (κ1) is 18.3. The normalized spacial score (nSPS) is 19.4. The number of rotatable bonds is 7. The monoisotopic (exact) mass is 362 g/mol. The summed E-state index contributed by atoms with van der Waals surface area (Å²) >= 11 is 1.52. The second kappa shape index (κ2) is 8.27. The fourth-order valence-corrected chi connectivity index (χ4v) is 4.21. The third kappa shape index (κ3) is 4.79. The van der Waals surface area contributed by atoms with Crippen LogP contribution in [0.1, 0.15) is 40.1 Å². The lowest BCUT2D eigenvalue weighted by Crippen LogP contribution is -2.52. The zero-order valence-corrected chi connectivity index (χ0v) is 15.7. The quantitative estimate of drug-likeness (QED) is 0.768. The summed E-state index contributed by atoms with van der Waals surface area (Å²) in [4.78, 5) is 17.1. The topological polar surface area (TPSA) is 56.9 Å². The summed E-state index contributed by atoms with van der Waals surface area (Å²) in [6, 6.07) is 6.35. The summed E-state index contributed by atoms with van der Waals surface area (Å²) in [6.45, 7) is 8.27. The first-order valence-electron chi connectivity index (χ1n) is 8.76. The number of thiophene rings is 1. The largest absolute Gasteiger partial charge is 0.465 e. The molecule has 0 saturated carbocycles. The fraction of sp³-hybridized carbons (Fsp3) is 0.526.